The van der Waals surface area contributed by atoms with E-state index < -0.39 is 0 Å². The second kappa shape index (κ2) is 4.73. The van der Waals surface area contributed by atoms with E-state index in [2.05, 4.69) is 21.2 Å². The van der Waals surface area contributed by atoms with Crippen molar-refractivity contribution >= 4 is 33.2 Å². The van der Waals surface area contributed by atoms with Gasteiger partial charge in [-0.15, -0.1) is 0 Å². The van der Waals surface area contributed by atoms with Crippen LogP contribution in [0, 0.1) is 0 Å². The first kappa shape index (κ1) is 11.2. The van der Waals surface area contributed by atoms with Crippen molar-refractivity contribution in [3.63, 3.8) is 0 Å². The number of hydrogen-bond acceptors (Lipinski definition) is 2. The predicted octanol–water partition coefficient (Wildman–Crippen LogP) is 3.69. The topological polar surface area (TPSA) is 21.3 Å². The number of methoxy groups -OCH3 is 1. The molecule has 1 aromatic carbocycles. The van der Waals surface area contributed by atoms with Crippen molar-refractivity contribution in [2.24, 2.45) is 0 Å². The van der Waals surface area contributed by atoms with Gasteiger partial charge in [0.25, 0.3) is 0 Å². The molecule has 4 heteroatoms. The summed E-state index contributed by atoms with van der Waals surface area (Å²) in [6.45, 7) is 0. The molecule has 0 atom stereocenters. The van der Waals surface area contributed by atoms with Crippen molar-refractivity contribution in [3.05, 3.63) is 27.7 Å². The van der Waals surface area contributed by atoms with E-state index in [0.29, 0.717) is 12.1 Å². The molecule has 1 fully saturated rings. The van der Waals surface area contributed by atoms with E-state index in [1.54, 1.807) is 7.11 Å². The second-order valence-electron chi connectivity index (χ2n) is 3.77. The molecule has 1 saturated carbocycles. The van der Waals surface area contributed by atoms with Crippen LogP contribution < -0.4 is 5.32 Å². The van der Waals surface area contributed by atoms with Crippen LogP contribution in [0.3, 0.4) is 0 Å². The monoisotopic (exact) mass is 289 g/mol. The number of anilines is 1. The summed E-state index contributed by atoms with van der Waals surface area (Å²) >= 11 is 9.47. The summed E-state index contributed by atoms with van der Waals surface area (Å²) in [6, 6.07) is 6.35. The Kier molecular flexibility index (Phi) is 3.54. The van der Waals surface area contributed by atoms with E-state index in [1.165, 1.54) is 0 Å². The minimum absolute atomic E-state index is 0.417. The summed E-state index contributed by atoms with van der Waals surface area (Å²) in [4.78, 5) is 0. The number of nitrogens with one attached hydrogen (secondary N) is 1. The van der Waals surface area contributed by atoms with Crippen LogP contribution in [0.25, 0.3) is 0 Å². The lowest BCUT2D eigenvalue weighted by Crippen LogP contribution is -2.40. The molecular weight excluding hydrogens is 277 g/mol. The van der Waals surface area contributed by atoms with E-state index in [9.17, 15) is 0 Å². The van der Waals surface area contributed by atoms with Crippen molar-refractivity contribution in [1.82, 2.24) is 0 Å². The van der Waals surface area contributed by atoms with Gasteiger partial charge in [-0.05, 0) is 40.9 Å². The largest absolute Gasteiger partial charge is 0.381 e. The fourth-order valence-corrected chi connectivity index (χ4v) is 2.26. The Hall–Kier alpha value is -0.250. The van der Waals surface area contributed by atoms with E-state index in [0.717, 1.165) is 28.0 Å². The van der Waals surface area contributed by atoms with Crippen molar-refractivity contribution in [2.45, 2.75) is 25.0 Å². The lowest BCUT2D eigenvalue weighted by molar-refractivity contribution is 0.0328. The summed E-state index contributed by atoms with van der Waals surface area (Å²) in [7, 11) is 1.76. The molecule has 0 amide bonds. The van der Waals surface area contributed by atoms with Gasteiger partial charge in [0.2, 0.25) is 0 Å². The molecular formula is C11H13BrClNO. The molecule has 0 bridgehead atoms. The Morgan fingerprint density at radius 2 is 2.20 bits per heavy atom. The van der Waals surface area contributed by atoms with E-state index in [-0.39, 0.29) is 0 Å². The number of rotatable bonds is 3. The normalized spacial score (nSPS) is 24.7. The zero-order chi connectivity index (χ0) is 10.8. The third-order valence-corrected chi connectivity index (χ3v) is 4.14. The van der Waals surface area contributed by atoms with E-state index in [4.69, 9.17) is 16.3 Å². The molecule has 0 spiro atoms. The summed E-state index contributed by atoms with van der Waals surface area (Å²) in [5, 5.41) is 4.18. The summed E-state index contributed by atoms with van der Waals surface area (Å²) in [6.07, 6.45) is 2.55. The second-order valence-corrected chi connectivity index (χ2v) is 4.97. The standard InChI is InChI=1S/C11H13BrClNO/c1-15-8-5-7(6-8)14-10-4-2-3-9(13)11(10)12/h2-4,7-8,14H,5-6H2,1H3. The van der Waals surface area contributed by atoms with Crippen LogP contribution in [0.2, 0.25) is 5.02 Å². The lowest BCUT2D eigenvalue weighted by Gasteiger charge is -2.35. The van der Waals surface area contributed by atoms with Gasteiger partial charge >= 0.3 is 0 Å². The van der Waals surface area contributed by atoms with E-state index >= 15 is 0 Å². The van der Waals surface area contributed by atoms with E-state index in [1.807, 2.05) is 18.2 Å². The van der Waals surface area contributed by atoms with Crippen LogP contribution in [0.15, 0.2) is 22.7 Å². The SMILES string of the molecule is COC1CC(Nc2cccc(Cl)c2Br)C1. The summed E-state index contributed by atoms with van der Waals surface area (Å²) in [5.74, 6) is 0. The highest BCUT2D eigenvalue weighted by molar-refractivity contribution is 9.10. The molecule has 1 aliphatic carbocycles. The average Bonchev–Trinajstić information content (AvgIpc) is 2.17. The van der Waals surface area contributed by atoms with Crippen molar-refractivity contribution in [2.75, 3.05) is 12.4 Å². The minimum Gasteiger partial charge on any atom is -0.381 e. The van der Waals surface area contributed by atoms with Crippen molar-refractivity contribution in [3.8, 4) is 0 Å². The average molecular weight is 291 g/mol. The first-order chi connectivity index (χ1) is 7.20. The van der Waals surface area contributed by atoms with Crippen LogP contribution in [0.4, 0.5) is 5.69 Å². The van der Waals surface area contributed by atoms with Crippen LogP contribution >= 0.6 is 27.5 Å². The predicted molar refractivity (Wildman–Crippen MR) is 66.6 cm³/mol. The maximum absolute atomic E-state index is 6.00. The van der Waals surface area contributed by atoms with Crippen LogP contribution in [0.5, 0.6) is 0 Å². The molecule has 2 rings (SSSR count). The van der Waals surface area contributed by atoms with Gasteiger partial charge < -0.3 is 10.1 Å². The molecule has 0 aliphatic heterocycles. The Morgan fingerprint density at radius 3 is 2.87 bits per heavy atom. The highest BCUT2D eigenvalue weighted by Crippen LogP contribution is 2.33. The highest BCUT2D eigenvalue weighted by atomic mass is 79.9. The van der Waals surface area contributed by atoms with Gasteiger partial charge in [-0.2, -0.15) is 0 Å². The van der Waals surface area contributed by atoms with Gasteiger partial charge in [-0.25, -0.2) is 0 Å². The number of halogens is 2. The Labute approximate surface area is 103 Å². The molecule has 2 nitrogen and oxygen atoms in total. The smallest absolute Gasteiger partial charge is 0.0610 e. The molecule has 1 aliphatic rings. The third kappa shape index (κ3) is 2.47. The molecule has 0 unspecified atom stereocenters. The number of benzene rings is 1. The quantitative estimate of drug-likeness (QED) is 0.916. The molecule has 1 N–H and O–H groups in total. The maximum atomic E-state index is 6.00. The van der Waals surface area contributed by atoms with Gasteiger partial charge in [-0.3, -0.25) is 0 Å². The van der Waals surface area contributed by atoms with Crippen LogP contribution in [-0.2, 0) is 4.74 Å². The fourth-order valence-electron chi connectivity index (χ4n) is 1.71. The molecule has 1 aromatic rings. The molecule has 0 heterocycles. The minimum atomic E-state index is 0.417. The van der Waals surface area contributed by atoms with Crippen molar-refractivity contribution in [1.29, 1.82) is 0 Å². The zero-order valence-corrected chi connectivity index (χ0v) is 10.8. The molecule has 15 heavy (non-hydrogen) atoms. The lowest BCUT2D eigenvalue weighted by atomic mass is 9.89. The molecule has 82 valence electrons. The summed E-state index contributed by atoms with van der Waals surface area (Å²) in [5.41, 5.74) is 1.06. The number of ether oxygens (including phenoxy) is 1. The van der Waals surface area contributed by atoms with Crippen LogP contribution in [-0.4, -0.2) is 19.3 Å². The van der Waals surface area contributed by atoms with Gasteiger partial charge in [0, 0.05) is 13.2 Å². The Balaban J connectivity index is 1.97. The van der Waals surface area contributed by atoms with Crippen molar-refractivity contribution < 1.29 is 4.74 Å². The third-order valence-electron chi connectivity index (χ3n) is 2.74. The van der Waals surface area contributed by atoms with Gasteiger partial charge in [0.1, 0.15) is 0 Å². The van der Waals surface area contributed by atoms with Gasteiger partial charge in [0.15, 0.2) is 0 Å². The maximum Gasteiger partial charge on any atom is 0.0610 e. The summed E-state index contributed by atoms with van der Waals surface area (Å²) < 4.78 is 6.17. The van der Waals surface area contributed by atoms with Gasteiger partial charge in [0.05, 0.1) is 21.3 Å². The van der Waals surface area contributed by atoms with Gasteiger partial charge in [-0.1, -0.05) is 17.7 Å². The molecule has 0 aromatic heterocycles. The first-order valence-electron chi connectivity index (χ1n) is 4.94. The Bertz CT molecular complexity index is 352. The fraction of sp³-hybridized carbons (Fsp3) is 0.455. The zero-order valence-electron chi connectivity index (χ0n) is 8.47. The first-order valence-corrected chi connectivity index (χ1v) is 6.11. The Morgan fingerprint density at radius 1 is 1.47 bits per heavy atom. The molecule has 0 radical (unpaired) electrons. The van der Waals surface area contributed by atoms with Crippen LogP contribution in [0.1, 0.15) is 12.8 Å². The highest BCUT2D eigenvalue weighted by Gasteiger charge is 2.29. The molecule has 0 saturated heterocycles. The number of hydrogen-bond donors (Lipinski definition) is 1.